The Morgan fingerprint density at radius 1 is 1.07 bits per heavy atom. The number of rotatable bonds is 16. The summed E-state index contributed by atoms with van der Waals surface area (Å²) in [6.45, 7) is 13.2. The maximum absolute atomic E-state index is 12.9. The standard InChI is InChI=1S/C34H46O12/c1-7-19(2)17-20(3)13-14-25(36)44-30-29(38)33(45-27(31(39)40)28(37)34(30,46-33)32(41)42)16-15-21(4)26(43-23(6)35)22(5)18-24-11-9-8-10-12-24/h8-14,19-20,22,26-30,37-38H,4,7,15-18H2,1-3,5-6H3,(H,39,40)(H,41,42)/b14-13+/t19-,20+,22+,26+,27-,28+,29+,30+,33-,34-/m0/s1. The first-order valence-corrected chi connectivity index (χ1v) is 15.6. The van der Waals surface area contributed by atoms with Gasteiger partial charge in [0.2, 0.25) is 11.4 Å². The van der Waals surface area contributed by atoms with E-state index in [1.165, 1.54) is 6.92 Å². The van der Waals surface area contributed by atoms with Gasteiger partial charge in [-0.2, -0.15) is 0 Å². The van der Waals surface area contributed by atoms with Crippen LogP contribution in [0.2, 0.25) is 0 Å². The Hall–Kier alpha value is -3.58. The van der Waals surface area contributed by atoms with Gasteiger partial charge in [0, 0.05) is 25.3 Å². The average molecular weight is 647 g/mol. The van der Waals surface area contributed by atoms with E-state index in [9.17, 15) is 39.6 Å². The third kappa shape index (κ3) is 8.03. The van der Waals surface area contributed by atoms with Gasteiger partial charge in [0.25, 0.3) is 0 Å². The van der Waals surface area contributed by atoms with Crippen molar-refractivity contribution in [3.63, 3.8) is 0 Å². The number of aliphatic hydroxyl groups is 2. The van der Waals surface area contributed by atoms with E-state index in [4.69, 9.17) is 18.9 Å². The fraction of sp³-hybridized carbons (Fsp3) is 0.588. The lowest BCUT2D eigenvalue weighted by molar-refractivity contribution is -0.353. The van der Waals surface area contributed by atoms with Gasteiger partial charge in [-0.25, -0.2) is 14.4 Å². The molecule has 2 aliphatic heterocycles. The normalized spacial score (nSPS) is 29.8. The second-order valence-electron chi connectivity index (χ2n) is 12.6. The summed E-state index contributed by atoms with van der Waals surface area (Å²) in [6, 6.07) is 9.48. The zero-order chi connectivity index (χ0) is 34.4. The van der Waals surface area contributed by atoms with Gasteiger partial charge in [-0.3, -0.25) is 4.79 Å². The van der Waals surface area contributed by atoms with Crippen LogP contribution in [0.3, 0.4) is 0 Å². The van der Waals surface area contributed by atoms with Gasteiger partial charge < -0.3 is 39.4 Å². The van der Waals surface area contributed by atoms with Crippen LogP contribution in [-0.2, 0) is 44.5 Å². The molecule has 254 valence electrons. The molecule has 1 aromatic rings. The second-order valence-corrected chi connectivity index (χ2v) is 12.6. The van der Waals surface area contributed by atoms with Crippen molar-refractivity contribution >= 4 is 23.9 Å². The highest BCUT2D eigenvalue weighted by molar-refractivity contribution is 5.86. The largest absolute Gasteiger partial charge is 0.479 e. The predicted octanol–water partition coefficient (Wildman–Crippen LogP) is 3.43. The minimum Gasteiger partial charge on any atom is -0.479 e. The molecule has 1 aromatic carbocycles. The molecule has 3 rings (SSSR count). The number of carbonyl (C=O) groups excluding carboxylic acids is 2. The summed E-state index contributed by atoms with van der Waals surface area (Å²) < 4.78 is 22.4. The number of fused-ring (bicyclic) bond motifs is 2. The van der Waals surface area contributed by atoms with E-state index in [1.807, 2.05) is 51.1 Å². The van der Waals surface area contributed by atoms with Crippen molar-refractivity contribution < 1.29 is 58.6 Å². The smallest absolute Gasteiger partial charge is 0.343 e. The van der Waals surface area contributed by atoms with E-state index in [1.54, 1.807) is 6.08 Å². The van der Waals surface area contributed by atoms with Crippen molar-refractivity contribution in [1.29, 1.82) is 0 Å². The number of allylic oxidation sites excluding steroid dienone is 1. The van der Waals surface area contributed by atoms with Crippen LogP contribution >= 0.6 is 0 Å². The minimum atomic E-state index is -2.87. The van der Waals surface area contributed by atoms with Crippen LogP contribution in [0.15, 0.2) is 54.6 Å². The first-order valence-electron chi connectivity index (χ1n) is 15.6. The Bertz CT molecular complexity index is 1290. The van der Waals surface area contributed by atoms with Crippen LogP contribution in [0, 0.1) is 17.8 Å². The average Bonchev–Trinajstić information content (AvgIpc) is 3.20. The Morgan fingerprint density at radius 2 is 1.72 bits per heavy atom. The maximum Gasteiger partial charge on any atom is 0.343 e. The molecule has 2 bridgehead atoms. The molecule has 46 heavy (non-hydrogen) atoms. The van der Waals surface area contributed by atoms with Crippen molar-refractivity contribution in [2.24, 2.45) is 17.8 Å². The Labute approximate surface area is 269 Å². The van der Waals surface area contributed by atoms with Crippen molar-refractivity contribution in [3.8, 4) is 0 Å². The van der Waals surface area contributed by atoms with Gasteiger partial charge in [0.05, 0.1) is 0 Å². The SMILES string of the molecule is C=C(CC[C@]12O[C@H](C(=O)O)[C@@H](O)[C@](C(=O)O)(O1)[C@H](OC(=O)/C=C/[C@@H](C)C[C@@H](C)CC)[C@H]2O)[C@@H](OC(C)=O)[C@H](C)Cc1ccccc1. The first kappa shape index (κ1) is 36.9. The number of carboxylic acid groups (broad SMARTS) is 2. The molecule has 0 amide bonds. The molecule has 12 heteroatoms. The predicted molar refractivity (Wildman–Crippen MR) is 164 cm³/mol. The molecule has 0 unspecified atom stereocenters. The van der Waals surface area contributed by atoms with Crippen LogP contribution < -0.4 is 0 Å². The number of hydrogen-bond donors (Lipinski definition) is 4. The summed E-state index contributed by atoms with van der Waals surface area (Å²) in [5.41, 5.74) is -1.52. The van der Waals surface area contributed by atoms with Gasteiger partial charge in [0.15, 0.2) is 12.2 Å². The number of esters is 2. The molecule has 0 spiro atoms. The summed E-state index contributed by atoms with van der Waals surface area (Å²) in [5.74, 6) is -7.36. The number of ether oxygens (including phenoxy) is 4. The summed E-state index contributed by atoms with van der Waals surface area (Å²) in [6.07, 6.45) is -4.89. The minimum absolute atomic E-state index is 0.0166. The van der Waals surface area contributed by atoms with Crippen molar-refractivity contribution in [2.45, 2.75) is 109 Å². The number of carbonyl (C=O) groups is 4. The van der Waals surface area contributed by atoms with E-state index in [0.29, 0.717) is 17.9 Å². The van der Waals surface area contributed by atoms with Crippen LogP contribution in [0.1, 0.15) is 65.9 Å². The highest BCUT2D eigenvalue weighted by Crippen LogP contribution is 2.51. The van der Waals surface area contributed by atoms with E-state index in [2.05, 4.69) is 13.5 Å². The van der Waals surface area contributed by atoms with Crippen LogP contribution in [0.25, 0.3) is 0 Å². The monoisotopic (exact) mass is 646 g/mol. The number of benzene rings is 1. The molecule has 4 N–H and O–H groups in total. The maximum atomic E-state index is 12.9. The number of hydrogen-bond acceptors (Lipinski definition) is 10. The van der Waals surface area contributed by atoms with E-state index < -0.39 is 65.8 Å². The van der Waals surface area contributed by atoms with E-state index in [0.717, 1.165) is 24.5 Å². The fourth-order valence-corrected chi connectivity index (χ4v) is 6.22. The summed E-state index contributed by atoms with van der Waals surface area (Å²) in [5, 5.41) is 42.6. The Balaban J connectivity index is 1.90. The highest BCUT2D eigenvalue weighted by Gasteiger charge is 2.77. The second kappa shape index (κ2) is 15.3. The van der Waals surface area contributed by atoms with Gasteiger partial charge in [-0.05, 0) is 42.2 Å². The van der Waals surface area contributed by atoms with Crippen LogP contribution in [0.4, 0.5) is 0 Å². The molecule has 2 fully saturated rings. The molecule has 10 atom stereocenters. The molecule has 2 aliphatic rings. The van der Waals surface area contributed by atoms with Crippen molar-refractivity contribution in [3.05, 3.63) is 60.2 Å². The zero-order valence-electron chi connectivity index (χ0n) is 27.0. The lowest BCUT2D eigenvalue weighted by Crippen LogP contribution is -2.67. The number of aliphatic hydroxyl groups excluding tert-OH is 2. The van der Waals surface area contributed by atoms with Crippen LogP contribution in [-0.4, -0.2) is 86.2 Å². The van der Waals surface area contributed by atoms with Gasteiger partial charge in [-0.1, -0.05) is 77.1 Å². The molecule has 0 saturated carbocycles. The van der Waals surface area contributed by atoms with E-state index >= 15 is 0 Å². The number of carboxylic acids is 2. The van der Waals surface area contributed by atoms with Gasteiger partial charge in [-0.15, -0.1) is 0 Å². The third-order valence-corrected chi connectivity index (χ3v) is 8.81. The summed E-state index contributed by atoms with van der Waals surface area (Å²) in [4.78, 5) is 49.8. The molecule has 2 saturated heterocycles. The highest BCUT2D eigenvalue weighted by atomic mass is 16.8. The first-order chi connectivity index (χ1) is 21.6. The third-order valence-electron chi connectivity index (χ3n) is 8.81. The topological polar surface area (TPSA) is 186 Å². The molecular formula is C34H46O12. The summed E-state index contributed by atoms with van der Waals surface area (Å²) in [7, 11) is 0. The van der Waals surface area contributed by atoms with Gasteiger partial charge in [0.1, 0.15) is 18.3 Å². The Kier molecular flexibility index (Phi) is 12.3. The zero-order valence-corrected chi connectivity index (χ0v) is 27.0. The van der Waals surface area contributed by atoms with Crippen molar-refractivity contribution in [2.75, 3.05) is 0 Å². The molecular weight excluding hydrogens is 600 g/mol. The molecule has 0 aliphatic carbocycles. The van der Waals surface area contributed by atoms with E-state index in [-0.39, 0.29) is 24.7 Å². The molecule has 12 nitrogen and oxygen atoms in total. The molecule has 0 aromatic heterocycles. The lowest BCUT2D eigenvalue weighted by Gasteiger charge is -2.44. The summed E-state index contributed by atoms with van der Waals surface area (Å²) >= 11 is 0. The van der Waals surface area contributed by atoms with Gasteiger partial charge >= 0.3 is 23.9 Å². The fourth-order valence-electron chi connectivity index (χ4n) is 6.22. The quantitative estimate of drug-likeness (QED) is 0.117. The van der Waals surface area contributed by atoms with Crippen LogP contribution in [0.5, 0.6) is 0 Å². The molecule has 2 heterocycles. The number of aliphatic carboxylic acids is 2. The molecule has 0 radical (unpaired) electrons. The van der Waals surface area contributed by atoms with Crippen molar-refractivity contribution in [1.82, 2.24) is 0 Å². The lowest BCUT2D eigenvalue weighted by atomic mass is 9.86. The Morgan fingerprint density at radius 3 is 2.28 bits per heavy atom.